The first-order valence-electron chi connectivity index (χ1n) is 5.28. The van der Waals surface area contributed by atoms with Crippen molar-refractivity contribution in [3.05, 3.63) is 40.6 Å². The summed E-state index contributed by atoms with van der Waals surface area (Å²) in [5.74, 6) is 1.57. The minimum Gasteiger partial charge on any atom is -0.454 e. The van der Waals surface area contributed by atoms with E-state index in [1.54, 1.807) is 10.9 Å². The second kappa shape index (κ2) is 5.33. The topological polar surface area (TPSA) is 39.1 Å². The number of halogens is 1. The molecular formula is C12H14BrN3O. The van der Waals surface area contributed by atoms with Crippen LogP contribution in [0, 0.1) is 0 Å². The van der Waals surface area contributed by atoms with E-state index in [1.807, 2.05) is 38.5 Å². The average molecular weight is 296 g/mol. The Kier molecular flexibility index (Phi) is 3.81. The summed E-state index contributed by atoms with van der Waals surface area (Å²) in [6.45, 7) is 0.767. The van der Waals surface area contributed by atoms with Crippen LogP contribution < -0.4 is 10.1 Å². The van der Waals surface area contributed by atoms with Gasteiger partial charge in [0, 0.05) is 23.6 Å². The van der Waals surface area contributed by atoms with Crippen LogP contribution in [0.3, 0.4) is 0 Å². The third-order valence-corrected chi connectivity index (χ3v) is 2.80. The van der Waals surface area contributed by atoms with E-state index in [9.17, 15) is 0 Å². The number of ether oxygens (including phenoxy) is 1. The minimum absolute atomic E-state index is 0.739. The summed E-state index contributed by atoms with van der Waals surface area (Å²) in [5, 5.41) is 7.19. The van der Waals surface area contributed by atoms with Gasteiger partial charge in [0.25, 0.3) is 0 Å². The Balaban J connectivity index is 2.26. The molecule has 90 valence electrons. The van der Waals surface area contributed by atoms with Crippen molar-refractivity contribution in [2.75, 3.05) is 7.05 Å². The van der Waals surface area contributed by atoms with Gasteiger partial charge in [-0.25, -0.2) is 0 Å². The SMILES string of the molecule is CNCc1ccc(Br)cc1Oc1cnn(C)c1. The van der Waals surface area contributed by atoms with Crippen LogP contribution in [0.5, 0.6) is 11.5 Å². The van der Waals surface area contributed by atoms with Crippen LogP contribution in [-0.4, -0.2) is 16.8 Å². The van der Waals surface area contributed by atoms with Gasteiger partial charge >= 0.3 is 0 Å². The number of hydrogen-bond acceptors (Lipinski definition) is 3. The van der Waals surface area contributed by atoms with Crippen LogP contribution in [0.2, 0.25) is 0 Å². The van der Waals surface area contributed by atoms with Gasteiger partial charge in [0.05, 0.1) is 12.4 Å². The van der Waals surface area contributed by atoms with E-state index >= 15 is 0 Å². The molecule has 4 nitrogen and oxygen atoms in total. The van der Waals surface area contributed by atoms with E-state index in [1.165, 1.54) is 0 Å². The molecule has 0 aliphatic rings. The molecule has 5 heteroatoms. The third-order valence-electron chi connectivity index (χ3n) is 2.31. The first-order valence-corrected chi connectivity index (χ1v) is 6.08. The highest BCUT2D eigenvalue weighted by Crippen LogP contribution is 2.28. The van der Waals surface area contributed by atoms with Crippen molar-refractivity contribution >= 4 is 15.9 Å². The second-order valence-electron chi connectivity index (χ2n) is 3.73. The highest BCUT2D eigenvalue weighted by molar-refractivity contribution is 9.10. The molecule has 0 fully saturated rings. The molecule has 2 rings (SSSR count). The zero-order valence-corrected chi connectivity index (χ0v) is 11.4. The van der Waals surface area contributed by atoms with Crippen molar-refractivity contribution in [1.29, 1.82) is 0 Å². The fourth-order valence-electron chi connectivity index (χ4n) is 1.54. The van der Waals surface area contributed by atoms with Crippen LogP contribution in [0.15, 0.2) is 35.1 Å². The third kappa shape index (κ3) is 3.08. The maximum atomic E-state index is 5.81. The number of benzene rings is 1. The summed E-state index contributed by atoms with van der Waals surface area (Å²) < 4.78 is 8.52. The summed E-state index contributed by atoms with van der Waals surface area (Å²) in [6.07, 6.45) is 3.54. The van der Waals surface area contributed by atoms with Crippen LogP contribution >= 0.6 is 15.9 Å². The van der Waals surface area contributed by atoms with Crippen LogP contribution in [0.25, 0.3) is 0 Å². The van der Waals surface area contributed by atoms with Gasteiger partial charge in [0.1, 0.15) is 5.75 Å². The van der Waals surface area contributed by atoms with E-state index < -0.39 is 0 Å². The number of hydrogen-bond donors (Lipinski definition) is 1. The Labute approximate surface area is 109 Å². The number of aromatic nitrogens is 2. The molecule has 0 aliphatic carbocycles. The predicted octanol–water partition coefficient (Wildman–Crippen LogP) is 2.69. The summed E-state index contributed by atoms with van der Waals surface area (Å²) in [7, 11) is 3.78. The monoisotopic (exact) mass is 295 g/mol. The van der Waals surface area contributed by atoms with Crippen molar-refractivity contribution in [2.24, 2.45) is 7.05 Å². The molecule has 1 aromatic heterocycles. The zero-order chi connectivity index (χ0) is 12.3. The Morgan fingerprint density at radius 1 is 1.47 bits per heavy atom. The van der Waals surface area contributed by atoms with E-state index in [2.05, 4.69) is 26.3 Å². The molecule has 0 unspecified atom stereocenters. The molecule has 1 aromatic carbocycles. The molecule has 0 atom stereocenters. The molecular weight excluding hydrogens is 282 g/mol. The number of nitrogens with zero attached hydrogens (tertiary/aromatic N) is 2. The van der Waals surface area contributed by atoms with Gasteiger partial charge in [0.2, 0.25) is 0 Å². The maximum absolute atomic E-state index is 5.81. The fraction of sp³-hybridized carbons (Fsp3) is 0.250. The number of rotatable bonds is 4. The Bertz CT molecular complexity index is 510. The quantitative estimate of drug-likeness (QED) is 0.943. The van der Waals surface area contributed by atoms with Crippen molar-refractivity contribution in [1.82, 2.24) is 15.1 Å². The largest absolute Gasteiger partial charge is 0.454 e. The highest BCUT2D eigenvalue weighted by atomic mass is 79.9. The molecule has 0 radical (unpaired) electrons. The number of nitrogens with one attached hydrogen (secondary N) is 1. The first kappa shape index (κ1) is 12.1. The Morgan fingerprint density at radius 3 is 2.94 bits per heavy atom. The molecule has 0 amide bonds. The molecule has 17 heavy (non-hydrogen) atoms. The molecule has 0 spiro atoms. The molecule has 0 saturated carbocycles. The minimum atomic E-state index is 0.739. The van der Waals surface area contributed by atoms with E-state index in [4.69, 9.17) is 4.74 Å². The van der Waals surface area contributed by atoms with Gasteiger partial charge in [-0.05, 0) is 19.2 Å². The summed E-state index contributed by atoms with van der Waals surface area (Å²) in [5.41, 5.74) is 1.11. The van der Waals surface area contributed by atoms with Crippen LogP contribution in [-0.2, 0) is 13.6 Å². The van der Waals surface area contributed by atoms with Gasteiger partial charge in [-0.1, -0.05) is 22.0 Å². The summed E-state index contributed by atoms with van der Waals surface area (Å²) in [4.78, 5) is 0. The molecule has 0 saturated heterocycles. The lowest BCUT2D eigenvalue weighted by Crippen LogP contribution is -2.06. The first-order chi connectivity index (χ1) is 8.19. The molecule has 1 heterocycles. The molecule has 2 aromatic rings. The zero-order valence-electron chi connectivity index (χ0n) is 9.77. The Morgan fingerprint density at radius 2 is 2.29 bits per heavy atom. The smallest absolute Gasteiger partial charge is 0.165 e. The van der Waals surface area contributed by atoms with Crippen molar-refractivity contribution in [2.45, 2.75) is 6.54 Å². The van der Waals surface area contributed by atoms with Crippen molar-refractivity contribution < 1.29 is 4.74 Å². The average Bonchev–Trinajstić information content (AvgIpc) is 2.68. The van der Waals surface area contributed by atoms with E-state index in [-0.39, 0.29) is 0 Å². The standard InChI is InChI=1S/C12H14BrN3O/c1-14-6-9-3-4-10(13)5-12(9)17-11-7-15-16(2)8-11/h3-5,7-8,14H,6H2,1-2H3. The lowest BCUT2D eigenvalue weighted by atomic mass is 10.2. The van der Waals surface area contributed by atoms with Crippen LogP contribution in [0.1, 0.15) is 5.56 Å². The van der Waals surface area contributed by atoms with Crippen molar-refractivity contribution in [3.63, 3.8) is 0 Å². The number of aryl methyl sites for hydroxylation is 1. The lowest BCUT2D eigenvalue weighted by Gasteiger charge is -2.09. The van der Waals surface area contributed by atoms with Gasteiger partial charge in [-0.2, -0.15) is 5.10 Å². The lowest BCUT2D eigenvalue weighted by molar-refractivity contribution is 0.473. The fourth-order valence-corrected chi connectivity index (χ4v) is 1.88. The summed E-state index contributed by atoms with van der Waals surface area (Å²) in [6, 6.07) is 5.99. The van der Waals surface area contributed by atoms with Gasteiger partial charge in [-0.3, -0.25) is 4.68 Å². The second-order valence-corrected chi connectivity index (χ2v) is 4.65. The molecule has 1 N–H and O–H groups in total. The highest BCUT2D eigenvalue weighted by Gasteiger charge is 2.06. The maximum Gasteiger partial charge on any atom is 0.165 e. The normalized spacial score (nSPS) is 10.5. The van der Waals surface area contributed by atoms with Crippen LogP contribution in [0.4, 0.5) is 0 Å². The summed E-state index contributed by atoms with van der Waals surface area (Å²) >= 11 is 3.44. The van der Waals surface area contributed by atoms with Gasteiger partial charge in [0.15, 0.2) is 5.75 Å². The molecule has 0 aliphatic heterocycles. The Hall–Kier alpha value is -1.33. The van der Waals surface area contributed by atoms with Gasteiger partial charge in [-0.15, -0.1) is 0 Å². The van der Waals surface area contributed by atoms with E-state index in [0.29, 0.717) is 0 Å². The predicted molar refractivity (Wildman–Crippen MR) is 70.2 cm³/mol. The van der Waals surface area contributed by atoms with Crippen molar-refractivity contribution in [3.8, 4) is 11.5 Å². The molecule has 0 bridgehead atoms. The van der Waals surface area contributed by atoms with Gasteiger partial charge < -0.3 is 10.1 Å². The van der Waals surface area contributed by atoms with E-state index in [0.717, 1.165) is 28.1 Å².